The molecule has 19 heavy (non-hydrogen) atoms. The van der Waals surface area contributed by atoms with E-state index in [1.165, 1.54) is 16.6 Å². The number of rotatable bonds is 7. The molecule has 6 nitrogen and oxygen atoms in total. The van der Waals surface area contributed by atoms with E-state index in [1.807, 2.05) is 0 Å². The molecule has 0 aromatic carbocycles. The standard InChI is InChI=1S/C11H18ClN3O3S/c1-3-15(5-4-6-16)19(17,18)9-7-10(12)11(13-2)14-8-9/h7-8,16H,3-6H2,1-2H3,(H,13,14). The van der Waals surface area contributed by atoms with Crippen LogP contribution in [0.15, 0.2) is 17.2 Å². The van der Waals surface area contributed by atoms with Gasteiger partial charge in [0.25, 0.3) is 0 Å². The van der Waals surface area contributed by atoms with Crippen LogP contribution >= 0.6 is 11.6 Å². The number of pyridine rings is 1. The van der Waals surface area contributed by atoms with Gasteiger partial charge in [0.15, 0.2) is 0 Å². The third-order valence-electron chi connectivity index (χ3n) is 2.61. The summed E-state index contributed by atoms with van der Waals surface area (Å²) in [4.78, 5) is 4.01. The van der Waals surface area contributed by atoms with Gasteiger partial charge in [-0.2, -0.15) is 4.31 Å². The van der Waals surface area contributed by atoms with Crippen molar-refractivity contribution in [3.63, 3.8) is 0 Å². The molecule has 0 amide bonds. The van der Waals surface area contributed by atoms with E-state index >= 15 is 0 Å². The van der Waals surface area contributed by atoms with E-state index in [2.05, 4.69) is 10.3 Å². The molecule has 0 saturated heterocycles. The van der Waals surface area contributed by atoms with Crippen LogP contribution in [0.2, 0.25) is 5.02 Å². The number of anilines is 1. The predicted octanol–water partition coefficient (Wildman–Crippen LogP) is 1.17. The topological polar surface area (TPSA) is 82.5 Å². The summed E-state index contributed by atoms with van der Waals surface area (Å²) in [6.45, 7) is 2.28. The Morgan fingerprint density at radius 1 is 1.53 bits per heavy atom. The highest BCUT2D eigenvalue weighted by Crippen LogP contribution is 2.24. The summed E-state index contributed by atoms with van der Waals surface area (Å²) in [6.07, 6.45) is 1.66. The average Bonchev–Trinajstić information content (AvgIpc) is 2.39. The van der Waals surface area contributed by atoms with Gasteiger partial charge in [-0.3, -0.25) is 0 Å². The summed E-state index contributed by atoms with van der Waals surface area (Å²) in [5.74, 6) is 0.430. The molecular weight excluding hydrogens is 290 g/mol. The lowest BCUT2D eigenvalue weighted by atomic mass is 10.4. The van der Waals surface area contributed by atoms with Gasteiger partial charge in [-0.15, -0.1) is 0 Å². The Hall–Kier alpha value is -0.890. The van der Waals surface area contributed by atoms with Crippen molar-refractivity contribution in [2.45, 2.75) is 18.2 Å². The minimum absolute atomic E-state index is 0.0519. The van der Waals surface area contributed by atoms with E-state index in [9.17, 15) is 8.42 Å². The molecule has 0 fully saturated rings. The molecule has 1 aromatic rings. The normalized spacial score (nSPS) is 11.8. The minimum Gasteiger partial charge on any atom is -0.396 e. The van der Waals surface area contributed by atoms with Crippen molar-refractivity contribution >= 4 is 27.4 Å². The second-order valence-corrected chi connectivity index (χ2v) is 6.17. The van der Waals surface area contributed by atoms with E-state index in [0.29, 0.717) is 18.8 Å². The molecule has 1 aromatic heterocycles. The molecule has 0 aliphatic heterocycles. The van der Waals surface area contributed by atoms with Gasteiger partial charge < -0.3 is 10.4 Å². The SMILES string of the molecule is CCN(CCCO)S(=O)(=O)c1cnc(NC)c(Cl)c1. The second-order valence-electron chi connectivity index (χ2n) is 3.83. The fourth-order valence-corrected chi connectivity index (χ4v) is 3.38. The van der Waals surface area contributed by atoms with Crippen LogP contribution < -0.4 is 5.32 Å². The third kappa shape index (κ3) is 3.79. The highest BCUT2D eigenvalue weighted by Gasteiger charge is 2.23. The van der Waals surface area contributed by atoms with E-state index < -0.39 is 10.0 Å². The van der Waals surface area contributed by atoms with Crippen LogP contribution in [0.5, 0.6) is 0 Å². The van der Waals surface area contributed by atoms with Gasteiger partial charge in [-0.25, -0.2) is 13.4 Å². The first-order chi connectivity index (χ1) is 8.97. The smallest absolute Gasteiger partial charge is 0.244 e. The van der Waals surface area contributed by atoms with Crippen LogP contribution in [0.3, 0.4) is 0 Å². The number of hydrogen-bond donors (Lipinski definition) is 2. The third-order valence-corrected chi connectivity index (χ3v) is 4.84. The Bertz CT molecular complexity index is 522. The largest absolute Gasteiger partial charge is 0.396 e. The fraction of sp³-hybridized carbons (Fsp3) is 0.545. The molecular formula is C11H18ClN3O3S. The van der Waals surface area contributed by atoms with E-state index in [4.69, 9.17) is 16.7 Å². The zero-order chi connectivity index (χ0) is 14.5. The summed E-state index contributed by atoms with van der Waals surface area (Å²) in [6, 6.07) is 1.37. The van der Waals surface area contributed by atoms with Crippen molar-refractivity contribution in [2.75, 3.05) is 32.1 Å². The Labute approximate surface area is 118 Å². The number of nitrogens with one attached hydrogen (secondary N) is 1. The Morgan fingerprint density at radius 3 is 2.68 bits per heavy atom. The molecule has 108 valence electrons. The van der Waals surface area contributed by atoms with Crippen molar-refractivity contribution in [1.29, 1.82) is 0 Å². The van der Waals surface area contributed by atoms with Crippen molar-refractivity contribution in [1.82, 2.24) is 9.29 Å². The van der Waals surface area contributed by atoms with Gasteiger partial charge in [0.05, 0.1) is 5.02 Å². The molecule has 0 radical (unpaired) electrons. The zero-order valence-electron chi connectivity index (χ0n) is 10.9. The number of sulfonamides is 1. The highest BCUT2D eigenvalue weighted by atomic mass is 35.5. The summed E-state index contributed by atoms with van der Waals surface area (Å²) >= 11 is 5.94. The van der Waals surface area contributed by atoms with Gasteiger partial charge in [-0.1, -0.05) is 18.5 Å². The van der Waals surface area contributed by atoms with Crippen LogP contribution in [0.1, 0.15) is 13.3 Å². The zero-order valence-corrected chi connectivity index (χ0v) is 12.5. The summed E-state index contributed by atoms with van der Waals surface area (Å²) in [5.41, 5.74) is 0. The molecule has 0 aliphatic carbocycles. The number of nitrogens with zero attached hydrogens (tertiary/aromatic N) is 2. The first kappa shape index (κ1) is 16.2. The summed E-state index contributed by atoms with van der Waals surface area (Å²) in [7, 11) is -1.97. The van der Waals surface area contributed by atoms with Crippen LogP contribution in [-0.2, 0) is 10.0 Å². The number of aliphatic hydroxyl groups is 1. The van der Waals surface area contributed by atoms with Gasteiger partial charge >= 0.3 is 0 Å². The Morgan fingerprint density at radius 2 is 2.21 bits per heavy atom. The molecule has 0 bridgehead atoms. The van der Waals surface area contributed by atoms with Crippen molar-refractivity contribution < 1.29 is 13.5 Å². The number of aliphatic hydroxyl groups excluding tert-OH is 1. The summed E-state index contributed by atoms with van der Waals surface area (Å²) < 4.78 is 26.0. The molecule has 1 rings (SSSR count). The lowest BCUT2D eigenvalue weighted by Gasteiger charge is -2.20. The van der Waals surface area contributed by atoms with Gasteiger partial charge in [-0.05, 0) is 12.5 Å². The van der Waals surface area contributed by atoms with Gasteiger partial charge in [0.2, 0.25) is 10.0 Å². The monoisotopic (exact) mass is 307 g/mol. The van der Waals surface area contributed by atoms with Gasteiger partial charge in [0.1, 0.15) is 10.7 Å². The van der Waals surface area contributed by atoms with E-state index in [0.717, 1.165) is 0 Å². The van der Waals surface area contributed by atoms with Crippen molar-refractivity contribution in [3.05, 3.63) is 17.3 Å². The lowest BCUT2D eigenvalue weighted by molar-refractivity contribution is 0.271. The molecule has 0 unspecified atom stereocenters. The molecule has 8 heteroatoms. The van der Waals surface area contributed by atoms with Crippen LogP contribution in [0.25, 0.3) is 0 Å². The summed E-state index contributed by atoms with van der Waals surface area (Å²) in [5, 5.41) is 11.8. The van der Waals surface area contributed by atoms with Gasteiger partial charge in [0, 0.05) is 32.9 Å². The van der Waals surface area contributed by atoms with Crippen molar-refractivity contribution in [3.8, 4) is 0 Å². The average molecular weight is 308 g/mol. The van der Waals surface area contributed by atoms with Crippen LogP contribution in [-0.4, -0.2) is 49.6 Å². The second kappa shape index (κ2) is 7.04. The number of halogens is 1. The molecule has 0 aliphatic rings. The number of hydrogen-bond acceptors (Lipinski definition) is 5. The molecule has 0 saturated carbocycles. The first-order valence-electron chi connectivity index (χ1n) is 5.91. The van der Waals surface area contributed by atoms with Crippen LogP contribution in [0, 0.1) is 0 Å². The lowest BCUT2D eigenvalue weighted by Crippen LogP contribution is -2.32. The predicted molar refractivity (Wildman–Crippen MR) is 74.9 cm³/mol. The first-order valence-corrected chi connectivity index (χ1v) is 7.73. The molecule has 1 heterocycles. The van der Waals surface area contributed by atoms with Crippen LogP contribution in [0.4, 0.5) is 5.82 Å². The van der Waals surface area contributed by atoms with Crippen molar-refractivity contribution in [2.24, 2.45) is 0 Å². The van der Waals surface area contributed by atoms with E-state index in [-0.39, 0.29) is 23.1 Å². The molecule has 2 N–H and O–H groups in total. The maximum Gasteiger partial charge on any atom is 0.244 e. The quantitative estimate of drug-likeness (QED) is 0.790. The number of aromatic nitrogens is 1. The Balaban J connectivity index is 3.07. The van der Waals surface area contributed by atoms with E-state index in [1.54, 1.807) is 14.0 Å². The fourth-order valence-electron chi connectivity index (χ4n) is 1.59. The minimum atomic E-state index is -3.62. The Kier molecular flexibility index (Phi) is 5.99. The molecule has 0 atom stereocenters. The maximum absolute atomic E-state index is 12.3. The highest BCUT2D eigenvalue weighted by molar-refractivity contribution is 7.89. The molecule has 0 spiro atoms. The maximum atomic E-state index is 12.3.